The summed E-state index contributed by atoms with van der Waals surface area (Å²) >= 11 is 0. The van der Waals surface area contributed by atoms with Crippen LogP contribution in [0.3, 0.4) is 0 Å². The molecule has 0 bridgehead atoms. The maximum atomic E-state index is 10.6. The summed E-state index contributed by atoms with van der Waals surface area (Å²) in [6.07, 6.45) is 4.75. The quantitative estimate of drug-likeness (QED) is 0.638. The van der Waals surface area contributed by atoms with Gasteiger partial charge >= 0.3 is 0 Å². The molecule has 1 heterocycles. The third-order valence-electron chi connectivity index (χ3n) is 4.17. The molecule has 3 nitrogen and oxygen atoms in total. The van der Waals surface area contributed by atoms with E-state index in [-0.39, 0.29) is 5.92 Å². The van der Waals surface area contributed by atoms with E-state index in [4.69, 9.17) is 4.84 Å². The van der Waals surface area contributed by atoms with E-state index < -0.39 is 5.60 Å². The second kappa shape index (κ2) is 2.60. The van der Waals surface area contributed by atoms with Crippen LogP contribution in [0.15, 0.2) is 17.8 Å². The van der Waals surface area contributed by atoms with Gasteiger partial charge in [0.25, 0.3) is 0 Å². The van der Waals surface area contributed by atoms with Crippen molar-refractivity contribution in [3.63, 3.8) is 0 Å². The van der Waals surface area contributed by atoms with Gasteiger partial charge in [0, 0.05) is 24.2 Å². The van der Waals surface area contributed by atoms with Crippen LogP contribution in [0.1, 0.15) is 19.3 Å². The summed E-state index contributed by atoms with van der Waals surface area (Å²) in [4.78, 5) is 5.08. The normalized spacial score (nSPS) is 49.5. The minimum absolute atomic E-state index is 0.251. The molecule has 0 spiro atoms. The average molecular weight is 193 g/mol. The lowest BCUT2D eigenvalue weighted by molar-refractivity contribution is -0.0197. The predicted molar refractivity (Wildman–Crippen MR) is 52.9 cm³/mol. The highest BCUT2D eigenvalue weighted by atomic mass is 16.6. The molecule has 0 saturated heterocycles. The topological polar surface area (TPSA) is 41.8 Å². The van der Waals surface area contributed by atoms with Crippen LogP contribution in [-0.4, -0.2) is 23.0 Å². The number of hydrogen-bond acceptors (Lipinski definition) is 3. The molecule has 14 heavy (non-hydrogen) atoms. The van der Waals surface area contributed by atoms with Crippen LogP contribution in [0, 0.1) is 17.8 Å². The summed E-state index contributed by atoms with van der Waals surface area (Å²) in [6.45, 7) is 4.48. The maximum absolute atomic E-state index is 10.6. The van der Waals surface area contributed by atoms with Gasteiger partial charge in [-0.1, -0.05) is 11.2 Å². The van der Waals surface area contributed by atoms with Gasteiger partial charge in [-0.25, -0.2) is 0 Å². The third kappa shape index (κ3) is 0.836. The Hall–Kier alpha value is -0.830. The van der Waals surface area contributed by atoms with Gasteiger partial charge in [0.15, 0.2) is 0 Å². The van der Waals surface area contributed by atoms with Crippen molar-refractivity contribution >= 4 is 5.71 Å². The van der Waals surface area contributed by atoms with Crippen molar-refractivity contribution in [2.75, 3.05) is 6.61 Å². The summed E-state index contributed by atoms with van der Waals surface area (Å²) in [6, 6.07) is 0. The third-order valence-corrected chi connectivity index (χ3v) is 4.17. The van der Waals surface area contributed by atoms with Crippen LogP contribution in [0.2, 0.25) is 0 Å². The summed E-state index contributed by atoms with van der Waals surface area (Å²) in [5.74, 6) is 0.984. The Bertz CT molecular complexity index is 312. The van der Waals surface area contributed by atoms with Crippen LogP contribution in [-0.2, 0) is 4.84 Å². The molecule has 2 saturated carbocycles. The van der Waals surface area contributed by atoms with Crippen molar-refractivity contribution in [3.8, 4) is 0 Å². The molecule has 0 amide bonds. The number of fused-ring (bicyclic) bond motifs is 3. The minimum atomic E-state index is -0.560. The Morgan fingerprint density at radius 2 is 2.43 bits per heavy atom. The lowest BCUT2D eigenvalue weighted by atomic mass is 9.84. The minimum Gasteiger partial charge on any atom is -0.395 e. The number of aliphatic hydroxyl groups is 1. The van der Waals surface area contributed by atoms with Gasteiger partial charge in [-0.2, -0.15) is 0 Å². The van der Waals surface area contributed by atoms with Gasteiger partial charge in [0.1, 0.15) is 6.61 Å². The largest absolute Gasteiger partial charge is 0.395 e. The van der Waals surface area contributed by atoms with Gasteiger partial charge in [0.2, 0.25) is 0 Å². The fraction of sp³-hybridized carbons (Fsp3) is 0.727. The molecule has 2 fully saturated rings. The van der Waals surface area contributed by atoms with E-state index in [1.807, 2.05) is 6.08 Å². The van der Waals surface area contributed by atoms with Gasteiger partial charge in [0.05, 0.1) is 11.3 Å². The van der Waals surface area contributed by atoms with E-state index in [2.05, 4.69) is 11.7 Å². The van der Waals surface area contributed by atoms with Gasteiger partial charge < -0.3 is 9.94 Å². The van der Waals surface area contributed by atoms with E-state index in [0.717, 1.165) is 18.6 Å². The highest BCUT2D eigenvalue weighted by Gasteiger charge is 2.59. The van der Waals surface area contributed by atoms with Gasteiger partial charge in [-0.05, 0) is 12.8 Å². The Balaban J connectivity index is 1.97. The molecule has 0 aromatic rings. The van der Waals surface area contributed by atoms with Crippen molar-refractivity contribution in [2.24, 2.45) is 22.9 Å². The van der Waals surface area contributed by atoms with Crippen LogP contribution < -0.4 is 0 Å². The molecular formula is C11H15NO2. The van der Waals surface area contributed by atoms with E-state index in [9.17, 15) is 5.11 Å². The molecule has 2 aliphatic carbocycles. The second-order valence-corrected chi connectivity index (χ2v) is 4.68. The van der Waals surface area contributed by atoms with Crippen molar-refractivity contribution in [3.05, 3.63) is 12.7 Å². The fourth-order valence-electron chi connectivity index (χ4n) is 3.43. The fourth-order valence-corrected chi connectivity index (χ4v) is 3.43. The van der Waals surface area contributed by atoms with E-state index in [0.29, 0.717) is 24.9 Å². The molecule has 0 radical (unpaired) electrons. The molecule has 0 unspecified atom stereocenters. The first-order valence-corrected chi connectivity index (χ1v) is 5.29. The standard InChI is InChI=1S/C11H15NO2/c1-2-7-3-4-9-8-6-14-12-10(8)5-11(7,9)13/h2,7-9,13H,1,3-6H2/t7-,8-,9+,11-/m0/s1. The Kier molecular flexibility index (Phi) is 1.57. The smallest absolute Gasteiger partial charge is 0.125 e. The maximum Gasteiger partial charge on any atom is 0.125 e. The first-order chi connectivity index (χ1) is 6.75. The number of nitrogens with zero attached hydrogens (tertiary/aromatic N) is 1. The van der Waals surface area contributed by atoms with Crippen molar-refractivity contribution < 1.29 is 9.94 Å². The number of rotatable bonds is 1. The molecule has 3 heteroatoms. The van der Waals surface area contributed by atoms with E-state index in [1.54, 1.807) is 0 Å². The van der Waals surface area contributed by atoms with E-state index >= 15 is 0 Å². The van der Waals surface area contributed by atoms with Crippen molar-refractivity contribution in [2.45, 2.75) is 24.9 Å². The highest BCUT2D eigenvalue weighted by Crippen LogP contribution is 2.53. The number of hydrogen-bond donors (Lipinski definition) is 1. The van der Waals surface area contributed by atoms with Gasteiger partial charge in [-0.15, -0.1) is 6.58 Å². The molecule has 0 aromatic heterocycles. The lowest BCUT2D eigenvalue weighted by Gasteiger charge is -2.28. The zero-order valence-electron chi connectivity index (χ0n) is 8.15. The monoisotopic (exact) mass is 193 g/mol. The van der Waals surface area contributed by atoms with Crippen LogP contribution in [0.25, 0.3) is 0 Å². The Morgan fingerprint density at radius 3 is 3.21 bits per heavy atom. The molecule has 76 valence electrons. The Morgan fingerprint density at radius 1 is 1.57 bits per heavy atom. The molecule has 3 rings (SSSR count). The van der Waals surface area contributed by atoms with Crippen molar-refractivity contribution in [1.82, 2.24) is 0 Å². The van der Waals surface area contributed by atoms with Gasteiger partial charge in [-0.3, -0.25) is 0 Å². The zero-order valence-corrected chi connectivity index (χ0v) is 8.15. The van der Waals surface area contributed by atoms with Crippen LogP contribution >= 0.6 is 0 Å². The number of oxime groups is 1. The summed E-state index contributed by atoms with van der Waals surface area (Å²) in [7, 11) is 0. The SMILES string of the molecule is C=C[C@H]1CC[C@@H]2[C@@H]3CON=C3C[C@@]21O. The highest BCUT2D eigenvalue weighted by molar-refractivity contribution is 5.91. The second-order valence-electron chi connectivity index (χ2n) is 4.68. The molecule has 0 aromatic carbocycles. The summed E-state index contributed by atoms with van der Waals surface area (Å²) in [5, 5.41) is 14.6. The zero-order chi connectivity index (χ0) is 9.76. The summed E-state index contributed by atoms with van der Waals surface area (Å²) in [5.41, 5.74) is 0.513. The van der Waals surface area contributed by atoms with Crippen molar-refractivity contribution in [1.29, 1.82) is 0 Å². The molecule has 1 aliphatic heterocycles. The molecule has 1 N–H and O–H groups in total. The predicted octanol–water partition coefficient (Wildman–Crippen LogP) is 1.34. The Labute approximate surface area is 83.4 Å². The average Bonchev–Trinajstić information content (AvgIpc) is 2.73. The first-order valence-electron chi connectivity index (χ1n) is 5.29. The first kappa shape index (κ1) is 8.48. The molecule has 3 aliphatic rings. The van der Waals surface area contributed by atoms with Crippen LogP contribution in [0.5, 0.6) is 0 Å². The van der Waals surface area contributed by atoms with E-state index in [1.165, 1.54) is 0 Å². The molecular weight excluding hydrogens is 178 g/mol. The van der Waals surface area contributed by atoms with Crippen LogP contribution in [0.4, 0.5) is 0 Å². The summed E-state index contributed by atoms with van der Waals surface area (Å²) < 4.78 is 0. The lowest BCUT2D eigenvalue weighted by Crippen LogP contribution is -2.36. The molecule has 4 atom stereocenters.